The van der Waals surface area contributed by atoms with Crippen molar-refractivity contribution < 1.29 is 9.21 Å². The number of aromatic nitrogens is 3. The number of carbonyl (C=O) groups excluding carboxylic acids is 1. The van der Waals surface area contributed by atoms with Crippen molar-refractivity contribution in [1.82, 2.24) is 25.8 Å². The van der Waals surface area contributed by atoms with E-state index in [-0.39, 0.29) is 10.8 Å². The Morgan fingerprint density at radius 2 is 2.45 bits per heavy atom. The number of hydrogen-bond acceptors (Lipinski definition) is 5. The van der Waals surface area contributed by atoms with E-state index < -0.39 is 0 Å². The predicted octanol–water partition coefficient (Wildman–Crippen LogP) is 2.15. The molecule has 1 aliphatic heterocycles. The minimum absolute atomic E-state index is 0.163. The van der Waals surface area contributed by atoms with Gasteiger partial charge in [0.05, 0.1) is 12.8 Å². The third-order valence-corrected chi connectivity index (χ3v) is 5.15. The third-order valence-electron chi connectivity index (χ3n) is 3.61. The van der Waals surface area contributed by atoms with Gasteiger partial charge in [-0.1, -0.05) is 0 Å². The molecule has 0 aliphatic carbocycles. The Morgan fingerprint density at radius 1 is 1.55 bits per heavy atom. The summed E-state index contributed by atoms with van der Waals surface area (Å²) in [5.74, 6) is 2.84. The monoisotopic (exact) mass is 321 g/mol. The van der Waals surface area contributed by atoms with Gasteiger partial charge in [-0.25, -0.2) is 9.78 Å². The number of thioether (sulfide) groups is 1. The summed E-state index contributed by atoms with van der Waals surface area (Å²) in [5, 5.41) is 12.5. The third kappa shape index (κ3) is 3.62. The minimum atomic E-state index is -0.190. The van der Waals surface area contributed by atoms with Crippen molar-refractivity contribution in [2.75, 3.05) is 12.3 Å². The molecule has 1 atom stereocenters. The Labute approximate surface area is 132 Å². The number of H-pyrrole nitrogens is 1. The van der Waals surface area contributed by atoms with E-state index in [1.54, 1.807) is 18.4 Å². The van der Waals surface area contributed by atoms with Gasteiger partial charge in [-0.3, -0.25) is 5.10 Å². The van der Waals surface area contributed by atoms with Gasteiger partial charge in [0.1, 0.15) is 5.82 Å². The van der Waals surface area contributed by atoms with Crippen LogP contribution >= 0.6 is 11.8 Å². The Hall–Kier alpha value is -1.96. The summed E-state index contributed by atoms with van der Waals surface area (Å²) in [6.45, 7) is 3.16. The van der Waals surface area contributed by atoms with Gasteiger partial charge in [0.15, 0.2) is 5.76 Å². The van der Waals surface area contributed by atoms with Gasteiger partial charge in [-0.2, -0.15) is 11.8 Å². The van der Waals surface area contributed by atoms with E-state index in [0.717, 1.165) is 6.42 Å². The van der Waals surface area contributed by atoms with Crippen LogP contribution < -0.4 is 10.6 Å². The maximum absolute atomic E-state index is 11.8. The maximum Gasteiger partial charge on any atom is 0.315 e. The summed E-state index contributed by atoms with van der Waals surface area (Å²) in [7, 11) is 0. The molecule has 3 heterocycles. The fourth-order valence-electron chi connectivity index (χ4n) is 2.36. The first-order chi connectivity index (χ1) is 10.6. The predicted molar refractivity (Wildman–Crippen MR) is 84.4 cm³/mol. The van der Waals surface area contributed by atoms with Gasteiger partial charge in [0.25, 0.3) is 0 Å². The van der Waals surface area contributed by atoms with Gasteiger partial charge < -0.3 is 15.1 Å². The highest BCUT2D eigenvalue weighted by Crippen LogP contribution is 2.36. The summed E-state index contributed by atoms with van der Waals surface area (Å²) in [5.41, 5.74) is 0. The normalized spacial score (nSPS) is 21.0. The second-order valence-corrected chi connectivity index (χ2v) is 7.20. The molecule has 7 nitrogen and oxygen atoms in total. The lowest BCUT2D eigenvalue weighted by Crippen LogP contribution is -2.42. The Morgan fingerprint density at radius 3 is 3.18 bits per heavy atom. The van der Waals surface area contributed by atoms with E-state index in [1.165, 1.54) is 12.2 Å². The molecule has 118 valence electrons. The van der Waals surface area contributed by atoms with Crippen LogP contribution in [0.4, 0.5) is 4.79 Å². The Balaban J connectivity index is 1.45. The molecule has 3 N–H and O–H groups in total. The van der Waals surface area contributed by atoms with Gasteiger partial charge in [-0.15, -0.1) is 5.10 Å². The first-order valence-electron chi connectivity index (χ1n) is 7.25. The van der Waals surface area contributed by atoms with Crippen LogP contribution in [0, 0.1) is 0 Å². The van der Waals surface area contributed by atoms with Crippen molar-refractivity contribution in [3.63, 3.8) is 0 Å². The molecule has 1 aliphatic rings. The highest BCUT2D eigenvalue weighted by Gasteiger charge is 2.29. The van der Waals surface area contributed by atoms with Gasteiger partial charge in [-0.05, 0) is 37.7 Å². The molecule has 1 fully saturated rings. The molecule has 2 aromatic heterocycles. The van der Waals surface area contributed by atoms with Crippen LogP contribution in [0.25, 0.3) is 11.6 Å². The lowest BCUT2D eigenvalue weighted by Gasteiger charge is -2.22. The Kier molecular flexibility index (Phi) is 4.37. The van der Waals surface area contributed by atoms with Crippen molar-refractivity contribution in [3.05, 3.63) is 24.2 Å². The van der Waals surface area contributed by atoms with Crippen molar-refractivity contribution in [2.24, 2.45) is 0 Å². The summed E-state index contributed by atoms with van der Waals surface area (Å²) in [4.78, 5) is 16.1. The zero-order chi connectivity index (χ0) is 15.4. The molecule has 0 bridgehead atoms. The molecule has 2 aromatic rings. The fourth-order valence-corrected chi connectivity index (χ4v) is 3.60. The average Bonchev–Trinajstić information content (AvgIpc) is 3.24. The number of rotatable bonds is 5. The first-order valence-corrected chi connectivity index (χ1v) is 8.24. The molecule has 3 rings (SSSR count). The zero-order valence-corrected chi connectivity index (χ0v) is 13.2. The standard InChI is InChI=1S/C14H19N5O2S/c1-14(5-3-7-22-14)9-16-13(20)15-8-11-17-12(19-18-11)10-4-2-6-21-10/h2,4,6H,3,5,7-9H2,1H3,(H2,15,16,20)(H,17,18,19)/t14-/m0/s1. The summed E-state index contributed by atoms with van der Waals surface area (Å²) >= 11 is 1.92. The molecule has 8 heteroatoms. The molecule has 22 heavy (non-hydrogen) atoms. The SMILES string of the molecule is C[C@@]1(CNC(=O)NCc2nc(-c3ccco3)n[nH]2)CCCS1. The number of furan rings is 1. The number of hydrogen-bond donors (Lipinski definition) is 3. The summed E-state index contributed by atoms with van der Waals surface area (Å²) in [6.07, 6.45) is 3.93. The highest BCUT2D eigenvalue weighted by molar-refractivity contribution is 8.00. The van der Waals surface area contributed by atoms with Crippen LogP contribution in [-0.2, 0) is 6.54 Å². The highest BCUT2D eigenvalue weighted by atomic mass is 32.2. The van der Waals surface area contributed by atoms with Gasteiger partial charge in [0, 0.05) is 11.3 Å². The average molecular weight is 321 g/mol. The second kappa shape index (κ2) is 6.43. The van der Waals surface area contributed by atoms with Crippen LogP contribution in [0.1, 0.15) is 25.6 Å². The van der Waals surface area contributed by atoms with E-state index in [1.807, 2.05) is 11.8 Å². The second-order valence-electron chi connectivity index (χ2n) is 5.52. The van der Waals surface area contributed by atoms with Crippen molar-refractivity contribution in [2.45, 2.75) is 31.1 Å². The van der Waals surface area contributed by atoms with Crippen LogP contribution in [0.2, 0.25) is 0 Å². The molecular weight excluding hydrogens is 302 g/mol. The maximum atomic E-state index is 11.8. The van der Waals surface area contributed by atoms with Crippen LogP contribution in [0.5, 0.6) is 0 Å². The number of carbonyl (C=O) groups is 1. The number of nitrogens with one attached hydrogen (secondary N) is 3. The molecular formula is C14H19N5O2S. The smallest absolute Gasteiger partial charge is 0.315 e. The van der Waals surface area contributed by atoms with Crippen molar-refractivity contribution in [1.29, 1.82) is 0 Å². The topological polar surface area (TPSA) is 95.8 Å². The van der Waals surface area contributed by atoms with Crippen molar-refractivity contribution in [3.8, 4) is 11.6 Å². The molecule has 0 spiro atoms. The molecule has 1 saturated heterocycles. The molecule has 0 unspecified atom stereocenters. The summed E-state index contributed by atoms with van der Waals surface area (Å²) in [6, 6.07) is 3.37. The zero-order valence-electron chi connectivity index (χ0n) is 12.4. The molecule has 0 radical (unpaired) electrons. The molecule has 2 amide bonds. The van der Waals surface area contributed by atoms with Crippen molar-refractivity contribution >= 4 is 17.8 Å². The van der Waals surface area contributed by atoms with Crippen LogP contribution in [0.15, 0.2) is 22.8 Å². The van der Waals surface area contributed by atoms with E-state index in [4.69, 9.17) is 4.42 Å². The van der Waals surface area contributed by atoms with Crippen LogP contribution in [0.3, 0.4) is 0 Å². The number of urea groups is 1. The van der Waals surface area contributed by atoms with Crippen LogP contribution in [-0.4, -0.2) is 38.3 Å². The number of aromatic amines is 1. The lowest BCUT2D eigenvalue weighted by atomic mass is 10.1. The largest absolute Gasteiger partial charge is 0.461 e. The molecule has 0 saturated carbocycles. The lowest BCUT2D eigenvalue weighted by molar-refractivity contribution is 0.239. The number of nitrogens with zero attached hydrogens (tertiary/aromatic N) is 2. The summed E-state index contributed by atoms with van der Waals surface area (Å²) < 4.78 is 5.38. The minimum Gasteiger partial charge on any atom is -0.461 e. The first kappa shape index (κ1) is 15.0. The quantitative estimate of drug-likeness (QED) is 0.784. The molecule has 0 aromatic carbocycles. The van der Waals surface area contributed by atoms with E-state index in [2.05, 4.69) is 32.7 Å². The van der Waals surface area contributed by atoms with Gasteiger partial charge in [0.2, 0.25) is 5.82 Å². The Bertz CT molecular complexity index is 619. The number of amides is 2. The van der Waals surface area contributed by atoms with E-state index in [9.17, 15) is 4.79 Å². The van der Waals surface area contributed by atoms with Gasteiger partial charge >= 0.3 is 6.03 Å². The van der Waals surface area contributed by atoms with E-state index in [0.29, 0.717) is 30.5 Å². The fraction of sp³-hybridized carbons (Fsp3) is 0.500. The van der Waals surface area contributed by atoms with E-state index >= 15 is 0 Å².